The van der Waals surface area contributed by atoms with Crippen molar-refractivity contribution in [1.82, 2.24) is 0 Å². The molecule has 0 bridgehead atoms. The predicted octanol–water partition coefficient (Wildman–Crippen LogP) is 2.44. The highest BCUT2D eigenvalue weighted by Gasteiger charge is 2.06. The first-order valence-corrected chi connectivity index (χ1v) is 4.84. The Morgan fingerprint density at radius 1 is 1.06 bits per heavy atom. The van der Waals surface area contributed by atoms with Crippen molar-refractivity contribution in [2.75, 3.05) is 5.06 Å². The van der Waals surface area contributed by atoms with E-state index in [1.165, 1.54) is 0 Å². The molecule has 16 heavy (non-hydrogen) atoms. The molecule has 0 N–H and O–H groups in total. The fraction of sp³-hybridized carbons (Fsp3) is 0. The molecule has 3 nitrogen and oxygen atoms in total. The van der Waals surface area contributed by atoms with Crippen LogP contribution in [0.4, 0.5) is 5.69 Å². The number of hydrogen-bond acceptors (Lipinski definition) is 2. The van der Waals surface area contributed by atoms with Gasteiger partial charge in [0.25, 0.3) is 0 Å². The summed E-state index contributed by atoms with van der Waals surface area (Å²) in [6.07, 6.45) is 0.610. The zero-order valence-corrected chi connectivity index (χ0v) is 8.54. The van der Waals surface area contributed by atoms with Crippen molar-refractivity contribution in [3.63, 3.8) is 0 Å². The number of para-hydroxylation sites is 2. The van der Waals surface area contributed by atoms with E-state index < -0.39 is 0 Å². The number of carbonyl (C=O) groups is 1. The number of carbonyl (C=O) groups excluding carboxylic acids is 1. The molecule has 0 unspecified atom stereocenters. The van der Waals surface area contributed by atoms with Crippen LogP contribution in [0.25, 0.3) is 0 Å². The van der Waals surface area contributed by atoms with E-state index in [4.69, 9.17) is 4.84 Å². The number of rotatable bonds is 4. The summed E-state index contributed by atoms with van der Waals surface area (Å²) in [4.78, 5) is 16.3. The van der Waals surface area contributed by atoms with E-state index in [2.05, 4.69) is 6.07 Å². The normalized spacial score (nSPS) is 9.50. The van der Waals surface area contributed by atoms with Gasteiger partial charge in [0.2, 0.25) is 6.41 Å². The molecule has 2 rings (SSSR count). The molecule has 0 heterocycles. The SMILES string of the molecule is O=CN(Oc1ccccc1)c1[c]cccc1. The molecule has 0 aliphatic heterocycles. The average molecular weight is 212 g/mol. The number of hydroxylamine groups is 1. The highest BCUT2D eigenvalue weighted by Crippen LogP contribution is 2.15. The van der Waals surface area contributed by atoms with Crippen LogP contribution in [-0.4, -0.2) is 6.41 Å². The van der Waals surface area contributed by atoms with Crippen molar-refractivity contribution in [3.8, 4) is 5.75 Å². The summed E-state index contributed by atoms with van der Waals surface area (Å²) in [6.45, 7) is 0. The molecular formula is C13H10NO2. The van der Waals surface area contributed by atoms with Gasteiger partial charge in [-0.3, -0.25) is 4.79 Å². The Kier molecular flexibility index (Phi) is 3.18. The van der Waals surface area contributed by atoms with Crippen LogP contribution in [0.5, 0.6) is 5.75 Å². The molecule has 0 aliphatic carbocycles. The fourth-order valence-corrected chi connectivity index (χ4v) is 1.24. The van der Waals surface area contributed by atoms with Crippen LogP contribution in [0.2, 0.25) is 0 Å². The van der Waals surface area contributed by atoms with E-state index in [-0.39, 0.29) is 0 Å². The van der Waals surface area contributed by atoms with Crippen molar-refractivity contribution in [2.45, 2.75) is 0 Å². The lowest BCUT2D eigenvalue weighted by Crippen LogP contribution is -2.25. The van der Waals surface area contributed by atoms with Gasteiger partial charge in [-0.15, -0.1) is 5.06 Å². The Balaban J connectivity index is 2.16. The van der Waals surface area contributed by atoms with Crippen LogP contribution < -0.4 is 9.90 Å². The van der Waals surface area contributed by atoms with Gasteiger partial charge in [0, 0.05) is 6.07 Å². The maximum atomic E-state index is 10.9. The summed E-state index contributed by atoms with van der Waals surface area (Å²) in [5.41, 5.74) is 0.571. The number of anilines is 1. The second-order valence-electron chi connectivity index (χ2n) is 3.08. The molecule has 0 saturated carbocycles. The molecule has 3 heteroatoms. The third kappa shape index (κ3) is 2.39. The molecule has 1 amide bonds. The summed E-state index contributed by atoms with van der Waals surface area (Å²) >= 11 is 0. The van der Waals surface area contributed by atoms with E-state index in [0.717, 1.165) is 5.06 Å². The summed E-state index contributed by atoms with van der Waals surface area (Å²) in [5, 5.41) is 1.13. The van der Waals surface area contributed by atoms with Crippen molar-refractivity contribution >= 4 is 12.1 Å². The molecule has 0 spiro atoms. The average Bonchev–Trinajstić information content (AvgIpc) is 2.38. The predicted molar refractivity (Wildman–Crippen MR) is 60.9 cm³/mol. The van der Waals surface area contributed by atoms with Gasteiger partial charge in [0.1, 0.15) is 0 Å². The van der Waals surface area contributed by atoms with Crippen LogP contribution in [-0.2, 0) is 4.79 Å². The lowest BCUT2D eigenvalue weighted by atomic mass is 10.3. The third-order valence-corrected chi connectivity index (χ3v) is 1.97. The van der Waals surface area contributed by atoms with E-state index in [0.29, 0.717) is 17.8 Å². The summed E-state index contributed by atoms with van der Waals surface area (Å²) in [6, 6.07) is 19.1. The zero-order chi connectivity index (χ0) is 11.2. The van der Waals surface area contributed by atoms with Crippen molar-refractivity contribution in [3.05, 3.63) is 60.7 Å². The number of amides is 1. The summed E-state index contributed by atoms with van der Waals surface area (Å²) in [7, 11) is 0. The maximum absolute atomic E-state index is 10.9. The van der Waals surface area contributed by atoms with Crippen LogP contribution in [0, 0.1) is 6.07 Å². The van der Waals surface area contributed by atoms with Crippen molar-refractivity contribution in [2.24, 2.45) is 0 Å². The lowest BCUT2D eigenvalue weighted by Gasteiger charge is -2.16. The van der Waals surface area contributed by atoms with Gasteiger partial charge in [0.15, 0.2) is 5.75 Å². The van der Waals surface area contributed by atoms with Gasteiger partial charge in [-0.2, -0.15) is 0 Å². The zero-order valence-electron chi connectivity index (χ0n) is 8.54. The molecule has 0 saturated heterocycles. The molecular weight excluding hydrogens is 202 g/mol. The number of benzene rings is 2. The Hall–Kier alpha value is -2.29. The molecule has 0 aliphatic rings. The number of hydrogen-bond donors (Lipinski definition) is 0. The lowest BCUT2D eigenvalue weighted by molar-refractivity contribution is -0.111. The van der Waals surface area contributed by atoms with Gasteiger partial charge in [-0.25, -0.2) is 0 Å². The highest BCUT2D eigenvalue weighted by molar-refractivity contribution is 5.72. The number of nitrogens with zero attached hydrogens (tertiary/aromatic N) is 1. The minimum Gasteiger partial charge on any atom is -0.372 e. The first-order chi connectivity index (χ1) is 7.90. The second kappa shape index (κ2) is 4.98. The van der Waals surface area contributed by atoms with E-state index in [1.807, 2.05) is 30.3 Å². The fourth-order valence-electron chi connectivity index (χ4n) is 1.24. The summed E-state index contributed by atoms with van der Waals surface area (Å²) < 4.78 is 0. The largest absolute Gasteiger partial charge is 0.372 e. The molecule has 0 fully saturated rings. The minimum atomic E-state index is 0.571. The first kappa shape index (κ1) is 10.2. The quantitative estimate of drug-likeness (QED) is 0.575. The van der Waals surface area contributed by atoms with Crippen LogP contribution >= 0.6 is 0 Å². The highest BCUT2D eigenvalue weighted by atomic mass is 16.7. The van der Waals surface area contributed by atoms with Gasteiger partial charge < -0.3 is 4.84 Å². The molecule has 1 radical (unpaired) electrons. The van der Waals surface area contributed by atoms with Gasteiger partial charge in [-0.1, -0.05) is 36.4 Å². The van der Waals surface area contributed by atoms with Crippen LogP contribution in [0.1, 0.15) is 0 Å². The van der Waals surface area contributed by atoms with Crippen LogP contribution in [0.15, 0.2) is 54.6 Å². The Bertz CT molecular complexity index is 442. The summed E-state index contributed by atoms with van der Waals surface area (Å²) in [5.74, 6) is 0.604. The van der Waals surface area contributed by atoms with E-state index >= 15 is 0 Å². The monoisotopic (exact) mass is 212 g/mol. The standard InChI is InChI=1S/C13H10NO2/c15-11-14(12-7-3-1-4-8-12)16-13-9-5-2-6-10-13/h1-7,9-11H. The molecule has 0 aromatic heterocycles. The van der Waals surface area contributed by atoms with Gasteiger partial charge >= 0.3 is 0 Å². The Morgan fingerprint density at radius 2 is 1.81 bits per heavy atom. The van der Waals surface area contributed by atoms with E-state index in [9.17, 15) is 4.79 Å². The smallest absolute Gasteiger partial charge is 0.247 e. The van der Waals surface area contributed by atoms with Crippen molar-refractivity contribution in [1.29, 1.82) is 0 Å². The molecule has 0 atom stereocenters. The van der Waals surface area contributed by atoms with Gasteiger partial charge in [0.05, 0.1) is 5.69 Å². The molecule has 2 aromatic rings. The maximum Gasteiger partial charge on any atom is 0.247 e. The third-order valence-electron chi connectivity index (χ3n) is 1.97. The second-order valence-corrected chi connectivity index (χ2v) is 3.08. The van der Waals surface area contributed by atoms with Crippen LogP contribution in [0.3, 0.4) is 0 Å². The van der Waals surface area contributed by atoms with E-state index in [1.54, 1.807) is 24.3 Å². The minimum absolute atomic E-state index is 0.571. The molecule has 79 valence electrons. The topological polar surface area (TPSA) is 29.5 Å². The Labute approximate surface area is 93.8 Å². The Morgan fingerprint density at radius 3 is 2.44 bits per heavy atom. The first-order valence-electron chi connectivity index (χ1n) is 4.84. The van der Waals surface area contributed by atoms with Crippen molar-refractivity contribution < 1.29 is 9.63 Å². The molecule has 2 aromatic carbocycles. The van der Waals surface area contributed by atoms with Gasteiger partial charge in [-0.05, 0) is 18.2 Å².